The number of nitrogens with zero attached hydrogens (tertiary/aromatic N) is 5. The summed E-state index contributed by atoms with van der Waals surface area (Å²) in [5, 5.41) is 8.31. The van der Waals surface area contributed by atoms with E-state index in [1.165, 1.54) is 5.56 Å². The fraction of sp³-hybridized carbons (Fsp3) is 0.571. The average molecular weight is 383 g/mol. The molecule has 0 aliphatic carbocycles. The maximum atomic E-state index is 12.9. The van der Waals surface area contributed by atoms with Gasteiger partial charge < -0.3 is 9.64 Å². The van der Waals surface area contributed by atoms with E-state index < -0.39 is 0 Å². The Morgan fingerprint density at radius 1 is 1.04 bits per heavy atom. The zero-order valence-corrected chi connectivity index (χ0v) is 16.4. The highest BCUT2D eigenvalue weighted by molar-refractivity contribution is 5.91. The van der Waals surface area contributed by atoms with Crippen molar-refractivity contribution >= 4 is 5.91 Å². The lowest BCUT2D eigenvalue weighted by molar-refractivity contribution is 0.0359. The number of morpholine rings is 1. The largest absolute Gasteiger partial charge is 0.379 e. The van der Waals surface area contributed by atoms with E-state index in [1.54, 1.807) is 10.9 Å². The van der Waals surface area contributed by atoms with Gasteiger partial charge in [0.15, 0.2) is 5.69 Å². The first kappa shape index (κ1) is 19.1. The standard InChI is InChI=1S/C21H29N5O2/c27-21(20-17-26(23-22-20)12-11-24-13-15-28-16-14-24)25-9-4-7-19(8-10-25)18-5-2-1-3-6-18/h1-3,5-6,17,19H,4,7-16H2. The maximum absolute atomic E-state index is 12.9. The molecule has 7 heteroatoms. The Morgan fingerprint density at radius 3 is 2.68 bits per heavy atom. The van der Waals surface area contributed by atoms with E-state index in [1.807, 2.05) is 4.90 Å². The highest BCUT2D eigenvalue weighted by Crippen LogP contribution is 2.28. The summed E-state index contributed by atoms with van der Waals surface area (Å²) in [4.78, 5) is 17.2. The van der Waals surface area contributed by atoms with Crippen molar-refractivity contribution in [2.45, 2.75) is 31.7 Å². The molecule has 0 spiro atoms. The van der Waals surface area contributed by atoms with Crippen molar-refractivity contribution in [3.05, 3.63) is 47.8 Å². The normalized spacial score (nSPS) is 21.4. The Kier molecular flexibility index (Phi) is 6.34. The van der Waals surface area contributed by atoms with Crippen molar-refractivity contribution in [2.24, 2.45) is 0 Å². The number of ether oxygens (including phenoxy) is 1. The molecule has 4 rings (SSSR count). The molecule has 0 saturated carbocycles. The van der Waals surface area contributed by atoms with Crippen LogP contribution in [0.5, 0.6) is 0 Å². The molecule has 0 bridgehead atoms. The number of amides is 1. The summed E-state index contributed by atoms with van der Waals surface area (Å²) >= 11 is 0. The maximum Gasteiger partial charge on any atom is 0.276 e. The van der Waals surface area contributed by atoms with Gasteiger partial charge in [0.05, 0.1) is 26.0 Å². The van der Waals surface area contributed by atoms with E-state index in [2.05, 4.69) is 45.5 Å². The van der Waals surface area contributed by atoms with Gasteiger partial charge in [0.2, 0.25) is 0 Å². The summed E-state index contributed by atoms with van der Waals surface area (Å²) in [6.07, 6.45) is 4.94. The lowest BCUT2D eigenvalue weighted by Crippen LogP contribution is -2.38. The topological polar surface area (TPSA) is 63.5 Å². The minimum Gasteiger partial charge on any atom is -0.379 e. The molecule has 0 N–H and O–H groups in total. The molecule has 2 aliphatic rings. The molecule has 2 saturated heterocycles. The van der Waals surface area contributed by atoms with Crippen LogP contribution >= 0.6 is 0 Å². The predicted molar refractivity (Wildman–Crippen MR) is 106 cm³/mol. The Hall–Kier alpha value is -2.25. The first-order valence-corrected chi connectivity index (χ1v) is 10.3. The summed E-state index contributed by atoms with van der Waals surface area (Å²) in [7, 11) is 0. The van der Waals surface area contributed by atoms with Gasteiger partial charge in [-0.05, 0) is 30.7 Å². The molecule has 1 aromatic carbocycles. The first-order chi connectivity index (χ1) is 13.8. The van der Waals surface area contributed by atoms with E-state index in [4.69, 9.17) is 4.74 Å². The van der Waals surface area contributed by atoms with E-state index in [-0.39, 0.29) is 5.91 Å². The summed E-state index contributed by atoms with van der Waals surface area (Å²) in [6.45, 7) is 6.72. The molecule has 0 radical (unpaired) electrons. The predicted octanol–water partition coefficient (Wildman–Crippen LogP) is 2.02. The van der Waals surface area contributed by atoms with Crippen molar-refractivity contribution in [1.29, 1.82) is 0 Å². The zero-order valence-electron chi connectivity index (χ0n) is 16.4. The Morgan fingerprint density at radius 2 is 1.86 bits per heavy atom. The second-order valence-electron chi connectivity index (χ2n) is 7.65. The van der Waals surface area contributed by atoms with Crippen LogP contribution in [-0.2, 0) is 11.3 Å². The van der Waals surface area contributed by atoms with Gasteiger partial charge in [0.25, 0.3) is 5.91 Å². The zero-order chi connectivity index (χ0) is 19.2. The molecule has 7 nitrogen and oxygen atoms in total. The van der Waals surface area contributed by atoms with Crippen molar-refractivity contribution in [3.8, 4) is 0 Å². The molecule has 1 unspecified atom stereocenters. The average Bonchev–Trinajstić information content (AvgIpc) is 3.09. The first-order valence-electron chi connectivity index (χ1n) is 10.3. The molecule has 2 aromatic rings. The van der Waals surface area contributed by atoms with Gasteiger partial charge in [-0.25, -0.2) is 0 Å². The minimum atomic E-state index is 0.00586. The van der Waals surface area contributed by atoms with Crippen LogP contribution in [0.2, 0.25) is 0 Å². The summed E-state index contributed by atoms with van der Waals surface area (Å²) in [5.41, 5.74) is 1.84. The number of aromatic nitrogens is 3. The summed E-state index contributed by atoms with van der Waals surface area (Å²) < 4.78 is 7.16. The van der Waals surface area contributed by atoms with E-state index >= 15 is 0 Å². The molecule has 1 amide bonds. The Labute approximate surface area is 166 Å². The highest BCUT2D eigenvalue weighted by Gasteiger charge is 2.24. The van der Waals surface area contributed by atoms with Crippen molar-refractivity contribution in [2.75, 3.05) is 45.9 Å². The van der Waals surface area contributed by atoms with Gasteiger partial charge in [-0.3, -0.25) is 14.4 Å². The third-order valence-corrected chi connectivity index (χ3v) is 5.79. The number of hydrogen-bond donors (Lipinski definition) is 0. The molecule has 1 atom stereocenters. The van der Waals surface area contributed by atoms with Gasteiger partial charge in [-0.2, -0.15) is 0 Å². The van der Waals surface area contributed by atoms with Crippen LogP contribution in [0.25, 0.3) is 0 Å². The van der Waals surface area contributed by atoms with Gasteiger partial charge in [0.1, 0.15) is 0 Å². The van der Waals surface area contributed by atoms with E-state index in [0.29, 0.717) is 11.6 Å². The smallest absolute Gasteiger partial charge is 0.276 e. The van der Waals surface area contributed by atoms with Crippen LogP contribution in [0.15, 0.2) is 36.5 Å². The number of likely N-dealkylation sites (tertiary alicyclic amines) is 1. The van der Waals surface area contributed by atoms with Gasteiger partial charge in [-0.15, -0.1) is 5.10 Å². The molecule has 2 fully saturated rings. The van der Waals surface area contributed by atoms with Crippen molar-refractivity contribution in [1.82, 2.24) is 24.8 Å². The van der Waals surface area contributed by atoms with E-state index in [0.717, 1.165) is 71.7 Å². The van der Waals surface area contributed by atoms with Crippen molar-refractivity contribution in [3.63, 3.8) is 0 Å². The lowest BCUT2D eigenvalue weighted by Gasteiger charge is -2.26. The third-order valence-electron chi connectivity index (χ3n) is 5.79. The molecule has 150 valence electrons. The fourth-order valence-electron chi connectivity index (χ4n) is 4.09. The second kappa shape index (κ2) is 9.30. The fourth-order valence-corrected chi connectivity index (χ4v) is 4.09. The van der Waals surface area contributed by atoms with Gasteiger partial charge in [0, 0.05) is 32.7 Å². The number of hydrogen-bond acceptors (Lipinski definition) is 5. The number of carbonyl (C=O) groups is 1. The lowest BCUT2D eigenvalue weighted by atomic mass is 9.92. The van der Waals surface area contributed by atoms with E-state index in [9.17, 15) is 4.79 Å². The van der Waals surface area contributed by atoms with Gasteiger partial charge in [-0.1, -0.05) is 35.5 Å². The summed E-state index contributed by atoms with van der Waals surface area (Å²) in [5.74, 6) is 0.537. The minimum absolute atomic E-state index is 0.00586. The quantitative estimate of drug-likeness (QED) is 0.790. The SMILES string of the molecule is O=C(c1cn(CCN2CCOCC2)nn1)N1CCCC(c2ccccc2)CC1. The molecular weight excluding hydrogens is 354 g/mol. The number of benzene rings is 1. The van der Waals surface area contributed by atoms with Crippen LogP contribution < -0.4 is 0 Å². The molecule has 28 heavy (non-hydrogen) atoms. The molecule has 2 aliphatic heterocycles. The monoisotopic (exact) mass is 383 g/mol. The third kappa shape index (κ3) is 4.77. The Bertz CT molecular complexity index is 757. The van der Waals surface area contributed by atoms with Gasteiger partial charge >= 0.3 is 0 Å². The second-order valence-corrected chi connectivity index (χ2v) is 7.65. The Balaban J connectivity index is 1.31. The number of rotatable bonds is 5. The molecule has 1 aromatic heterocycles. The van der Waals surface area contributed by atoms with Crippen molar-refractivity contribution < 1.29 is 9.53 Å². The van der Waals surface area contributed by atoms with Crippen LogP contribution in [0.3, 0.4) is 0 Å². The van der Waals surface area contributed by atoms with Crippen LogP contribution in [0, 0.1) is 0 Å². The number of carbonyl (C=O) groups excluding carboxylic acids is 1. The molecular formula is C21H29N5O2. The molecule has 3 heterocycles. The highest BCUT2D eigenvalue weighted by atomic mass is 16.5. The van der Waals surface area contributed by atoms with Crippen LogP contribution in [0.4, 0.5) is 0 Å². The summed E-state index contributed by atoms with van der Waals surface area (Å²) in [6, 6.07) is 10.6. The van der Waals surface area contributed by atoms with Crippen LogP contribution in [0.1, 0.15) is 41.2 Å². The van der Waals surface area contributed by atoms with Crippen LogP contribution in [-0.4, -0.2) is 76.6 Å².